The number of benzene rings is 2. The molecule has 1 heterocycles. The largest absolute Gasteiger partial charge is 0.494 e. The zero-order valence-corrected chi connectivity index (χ0v) is 15.6. The highest BCUT2D eigenvalue weighted by atomic mass is 35.5. The minimum atomic E-state index is -0.411. The first-order valence-corrected chi connectivity index (χ1v) is 8.68. The summed E-state index contributed by atoms with van der Waals surface area (Å²) in [5.74, 6) is 1.22. The maximum atomic E-state index is 12.0. The number of ether oxygens (including phenoxy) is 2. The number of nitrogens with one attached hydrogen (secondary N) is 1. The van der Waals surface area contributed by atoms with Crippen LogP contribution in [0.2, 0.25) is 5.02 Å². The average Bonchev–Trinajstić information content (AvgIpc) is 3.10. The van der Waals surface area contributed by atoms with E-state index in [1.165, 1.54) is 0 Å². The van der Waals surface area contributed by atoms with Crippen LogP contribution < -0.4 is 14.8 Å². The van der Waals surface area contributed by atoms with Gasteiger partial charge in [0.05, 0.1) is 6.61 Å². The molecule has 2 aromatic carbocycles. The molecule has 7 nitrogen and oxygen atoms in total. The molecule has 1 N–H and O–H groups in total. The van der Waals surface area contributed by atoms with Crippen LogP contribution in [-0.4, -0.2) is 29.3 Å². The third kappa shape index (κ3) is 4.98. The molecule has 0 atom stereocenters. The van der Waals surface area contributed by atoms with Gasteiger partial charge >= 0.3 is 6.01 Å². The van der Waals surface area contributed by atoms with Crippen molar-refractivity contribution >= 4 is 23.5 Å². The zero-order chi connectivity index (χ0) is 19.2. The lowest BCUT2D eigenvalue weighted by atomic mass is 10.2. The summed E-state index contributed by atoms with van der Waals surface area (Å²) in [5, 5.41) is 10.9. The molecule has 3 aromatic rings. The van der Waals surface area contributed by atoms with E-state index in [9.17, 15) is 4.79 Å². The molecule has 0 radical (unpaired) electrons. The lowest BCUT2D eigenvalue weighted by molar-refractivity contribution is -0.118. The molecule has 0 bridgehead atoms. The standard InChI is InChI=1S/C19H18ClN3O4/c1-3-25-15-7-4-13(5-8-15)18-22-23-19(27-18)21-17(24)11-26-16-9-6-14(20)10-12(16)2/h4-10H,3,11H2,1-2H3,(H,21,23,24). The quantitative estimate of drug-likeness (QED) is 0.656. The summed E-state index contributed by atoms with van der Waals surface area (Å²) in [5.41, 5.74) is 1.56. The number of carbonyl (C=O) groups is 1. The van der Waals surface area contributed by atoms with Crippen molar-refractivity contribution in [2.45, 2.75) is 13.8 Å². The topological polar surface area (TPSA) is 86.5 Å². The second-order valence-electron chi connectivity index (χ2n) is 5.62. The van der Waals surface area contributed by atoms with E-state index in [0.29, 0.717) is 23.3 Å². The van der Waals surface area contributed by atoms with Crippen LogP contribution in [0.4, 0.5) is 6.01 Å². The predicted molar refractivity (Wildman–Crippen MR) is 101 cm³/mol. The molecular formula is C19H18ClN3O4. The number of hydrogen-bond donors (Lipinski definition) is 1. The number of anilines is 1. The van der Waals surface area contributed by atoms with Gasteiger partial charge in [-0.15, -0.1) is 5.10 Å². The molecule has 140 valence electrons. The van der Waals surface area contributed by atoms with Crippen LogP contribution >= 0.6 is 11.6 Å². The van der Waals surface area contributed by atoms with Gasteiger partial charge in [-0.3, -0.25) is 10.1 Å². The second kappa shape index (κ2) is 8.55. The lowest BCUT2D eigenvalue weighted by Gasteiger charge is -2.08. The van der Waals surface area contributed by atoms with Gasteiger partial charge in [-0.2, -0.15) is 0 Å². The highest BCUT2D eigenvalue weighted by Crippen LogP contribution is 2.23. The Hall–Kier alpha value is -3.06. The first-order valence-electron chi connectivity index (χ1n) is 8.30. The minimum absolute atomic E-state index is 0.000290. The van der Waals surface area contributed by atoms with Crippen molar-refractivity contribution in [2.75, 3.05) is 18.5 Å². The molecule has 0 fully saturated rings. The number of halogens is 1. The van der Waals surface area contributed by atoms with Crippen molar-refractivity contribution in [1.82, 2.24) is 10.2 Å². The van der Waals surface area contributed by atoms with Gasteiger partial charge in [0, 0.05) is 10.6 Å². The summed E-state index contributed by atoms with van der Waals surface area (Å²) in [6.07, 6.45) is 0. The highest BCUT2D eigenvalue weighted by Gasteiger charge is 2.12. The van der Waals surface area contributed by atoms with Gasteiger partial charge in [0.1, 0.15) is 11.5 Å². The van der Waals surface area contributed by atoms with E-state index in [-0.39, 0.29) is 12.6 Å². The Morgan fingerprint density at radius 1 is 1.15 bits per heavy atom. The second-order valence-corrected chi connectivity index (χ2v) is 6.05. The molecule has 0 aliphatic rings. The Labute approximate surface area is 161 Å². The van der Waals surface area contributed by atoms with E-state index < -0.39 is 5.91 Å². The SMILES string of the molecule is CCOc1ccc(-c2nnc(NC(=O)COc3ccc(Cl)cc3C)o2)cc1. The van der Waals surface area contributed by atoms with Crippen LogP contribution in [0.1, 0.15) is 12.5 Å². The van der Waals surface area contributed by atoms with Gasteiger partial charge < -0.3 is 13.9 Å². The molecule has 0 aliphatic heterocycles. The molecule has 27 heavy (non-hydrogen) atoms. The molecule has 3 rings (SSSR count). The molecule has 8 heteroatoms. The Kier molecular flexibility index (Phi) is 5.93. The number of rotatable bonds is 7. The van der Waals surface area contributed by atoms with Crippen LogP contribution in [-0.2, 0) is 4.79 Å². The summed E-state index contributed by atoms with van der Waals surface area (Å²) in [7, 11) is 0. The van der Waals surface area contributed by atoms with Gasteiger partial charge in [0.15, 0.2) is 6.61 Å². The van der Waals surface area contributed by atoms with E-state index in [0.717, 1.165) is 16.9 Å². The van der Waals surface area contributed by atoms with Crippen LogP contribution in [0.25, 0.3) is 11.5 Å². The Morgan fingerprint density at radius 3 is 2.63 bits per heavy atom. The molecular weight excluding hydrogens is 370 g/mol. The zero-order valence-electron chi connectivity index (χ0n) is 14.9. The summed E-state index contributed by atoms with van der Waals surface area (Å²) in [4.78, 5) is 12.0. The van der Waals surface area contributed by atoms with E-state index in [4.69, 9.17) is 25.5 Å². The maximum absolute atomic E-state index is 12.0. The first kappa shape index (κ1) is 18.7. The van der Waals surface area contributed by atoms with E-state index in [1.54, 1.807) is 30.3 Å². The molecule has 0 aliphatic carbocycles. The molecule has 0 saturated carbocycles. The van der Waals surface area contributed by atoms with Crippen molar-refractivity contribution in [3.8, 4) is 23.0 Å². The van der Waals surface area contributed by atoms with Gasteiger partial charge in [-0.25, -0.2) is 0 Å². The Morgan fingerprint density at radius 2 is 1.93 bits per heavy atom. The summed E-state index contributed by atoms with van der Waals surface area (Å²) < 4.78 is 16.3. The molecule has 1 aromatic heterocycles. The highest BCUT2D eigenvalue weighted by molar-refractivity contribution is 6.30. The van der Waals surface area contributed by atoms with Crippen molar-refractivity contribution in [3.05, 3.63) is 53.1 Å². The minimum Gasteiger partial charge on any atom is -0.494 e. The van der Waals surface area contributed by atoms with E-state index in [1.807, 2.05) is 26.0 Å². The van der Waals surface area contributed by atoms with Crippen molar-refractivity contribution in [3.63, 3.8) is 0 Å². The third-order valence-electron chi connectivity index (χ3n) is 3.58. The lowest BCUT2D eigenvalue weighted by Crippen LogP contribution is -2.20. The number of amides is 1. The van der Waals surface area contributed by atoms with Gasteiger partial charge in [-0.1, -0.05) is 16.7 Å². The van der Waals surface area contributed by atoms with E-state index >= 15 is 0 Å². The fraction of sp³-hybridized carbons (Fsp3) is 0.211. The predicted octanol–water partition coefficient (Wildman–Crippen LogP) is 4.11. The van der Waals surface area contributed by atoms with Crippen LogP contribution in [0.15, 0.2) is 46.9 Å². The summed E-state index contributed by atoms with van der Waals surface area (Å²) in [6, 6.07) is 12.4. The number of carbonyl (C=O) groups excluding carboxylic acids is 1. The fourth-order valence-electron chi connectivity index (χ4n) is 2.32. The first-order chi connectivity index (χ1) is 13.0. The number of hydrogen-bond acceptors (Lipinski definition) is 6. The van der Waals surface area contributed by atoms with Crippen molar-refractivity contribution < 1.29 is 18.7 Å². The summed E-state index contributed by atoms with van der Waals surface area (Å²) >= 11 is 5.89. The van der Waals surface area contributed by atoms with Crippen molar-refractivity contribution in [2.24, 2.45) is 0 Å². The third-order valence-corrected chi connectivity index (χ3v) is 3.81. The van der Waals surface area contributed by atoms with E-state index in [2.05, 4.69) is 15.5 Å². The monoisotopic (exact) mass is 387 g/mol. The molecule has 0 saturated heterocycles. The Balaban J connectivity index is 1.57. The number of aryl methyl sites for hydroxylation is 1. The normalized spacial score (nSPS) is 10.5. The number of aromatic nitrogens is 2. The van der Waals surface area contributed by atoms with Gasteiger partial charge in [0.25, 0.3) is 5.91 Å². The van der Waals surface area contributed by atoms with Crippen LogP contribution in [0.3, 0.4) is 0 Å². The van der Waals surface area contributed by atoms with Crippen LogP contribution in [0, 0.1) is 6.92 Å². The molecule has 0 unspecified atom stereocenters. The van der Waals surface area contributed by atoms with Gasteiger partial charge in [-0.05, 0) is 61.9 Å². The maximum Gasteiger partial charge on any atom is 0.322 e. The summed E-state index contributed by atoms with van der Waals surface area (Å²) in [6.45, 7) is 4.16. The smallest absolute Gasteiger partial charge is 0.322 e. The Bertz CT molecular complexity index is 925. The van der Waals surface area contributed by atoms with Gasteiger partial charge in [0.2, 0.25) is 5.89 Å². The van der Waals surface area contributed by atoms with Crippen molar-refractivity contribution in [1.29, 1.82) is 0 Å². The average molecular weight is 388 g/mol. The number of nitrogens with zero attached hydrogens (tertiary/aromatic N) is 2. The van der Waals surface area contributed by atoms with Crippen LogP contribution in [0.5, 0.6) is 11.5 Å². The fourth-order valence-corrected chi connectivity index (χ4v) is 2.55. The molecule has 0 spiro atoms. The molecule has 1 amide bonds.